The summed E-state index contributed by atoms with van der Waals surface area (Å²) in [5, 5.41) is 10.8. The summed E-state index contributed by atoms with van der Waals surface area (Å²) in [5.74, 6) is -0.370. The molecule has 0 amide bonds. The molecule has 0 fully saturated rings. The summed E-state index contributed by atoms with van der Waals surface area (Å²) in [6, 6.07) is 6.38. The van der Waals surface area contributed by atoms with Crippen molar-refractivity contribution in [1.29, 1.82) is 0 Å². The van der Waals surface area contributed by atoms with Crippen LogP contribution in [-0.2, 0) is 0 Å². The van der Waals surface area contributed by atoms with E-state index < -0.39 is 5.78 Å². The summed E-state index contributed by atoms with van der Waals surface area (Å²) < 4.78 is 10.3. The van der Waals surface area contributed by atoms with Gasteiger partial charge in [0.15, 0.2) is 17.3 Å². The SMILES string of the molecule is COc1cc(C)c(C(=O)c2c(Cl)cccc2Cl)c(O)c1OC. The summed E-state index contributed by atoms with van der Waals surface area (Å²) in [6.07, 6.45) is 0. The summed E-state index contributed by atoms with van der Waals surface area (Å²) in [4.78, 5) is 12.8. The van der Waals surface area contributed by atoms with Gasteiger partial charge in [-0.2, -0.15) is 0 Å². The fraction of sp³-hybridized carbons (Fsp3) is 0.188. The van der Waals surface area contributed by atoms with Gasteiger partial charge in [-0.3, -0.25) is 4.79 Å². The number of phenols is 1. The number of hydrogen-bond acceptors (Lipinski definition) is 4. The number of ether oxygens (including phenoxy) is 2. The Balaban J connectivity index is 2.70. The van der Waals surface area contributed by atoms with Crippen molar-refractivity contribution in [3.05, 3.63) is 51.0 Å². The van der Waals surface area contributed by atoms with Crippen LogP contribution in [0, 0.1) is 6.92 Å². The second-order valence-electron chi connectivity index (χ2n) is 4.58. The molecule has 2 aromatic carbocycles. The Morgan fingerprint density at radius 1 is 1.09 bits per heavy atom. The molecule has 6 heteroatoms. The number of benzene rings is 2. The predicted molar refractivity (Wildman–Crippen MR) is 85.8 cm³/mol. The van der Waals surface area contributed by atoms with Crippen molar-refractivity contribution in [2.24, 2.45) is 0 Å². The van der Waals surface area contributed by atoms with Crippen molar-refractivity contribution in [2.45, 2.75) is 6.92 Å². The van der Waals surface area contributed by atoms with E-state index in [1.165, 1.54) is 14.2 Å². The Bertz CT molecular complexity index is 721. The molecule has 0 saturated carbocycles. The van der Waals surface area contributed by atoms with Gasteiger partial charge in [0.05, 0.1) is 35.4 Å². The van der Waals surface area contributed by atoms with Gasteiger partial charge in [-0.1, -0.05) is 29.3 Å². The molecule has 0 heterocycles. The molecule has 2 rings (SSSR count). The standard InChI is InChI=1S/C16H14Cl2O4/c1-8-7-11(21-2)16(22-3)15(20)12(8)14(19)13-9(17)5-4-6-10(13)18/h4-7,20H,1-3H3. The maximum atomic E-state index is 12.8. The number of phenolic OH excluding ortho intramolecular Hbond substituents is 1. The van der Waals surface area contributed by atoms with E-state index in [0.717, 1.165) is 0 Å². The topological polar surface area (TPSA) is 55.8 Å². The van der Waals surface area contributed by atoms with E-state index in [9.17, 15) is 9.90 Å². The average molecular weight is 341 g/mol. The minimum absolute atomic E-state index is 0.0765. The summed E-state index contributed by atoms with van der Waals surface area (Å²) in [7, 11) is 2.83. The number of rotatable bonds is 4. The lowest BCUT2D eigenvalue weighted by molar-refractivity contribution is 0.103. The van der Waals surface area contributed by atoms with Crippen molar-refractivity contribution < 1.29 is 19.4 Å². The smallest absolute Gasteiger partial charge is 0.203 e. The molecule has 0 atom stereocenters. The normalized spacial score (nSPS) is 10.4. The Labute approximate surface area is 138 Å². The van der Waals surface area contributed by atoms with Crippen molar-refractivity contribution >= 4 is 29.0 Å². The number of halogens is 2. The highest BCUT2D eigenvalue weighted by Crippen LogP contribution is 2.42. The number of aryl methyl sites for hydroxylation is 1. The van der Waals surface area contributed by atoms with Crippen LogP contribution in [0.25, 0.3) is 0 Å². The van der Waals surface area contributed by atoms with Gasteiger partial charge in [0.1, 0.15) is 0 Å². The monoisotopic (exact) mass is 340 g/mol. The molecular weight excluding hydrogens is 327 g/mol. The molecule has 0 spiro atoms. The van der Waals surface area contributed by atoms with E-state index in [1.807, 2.05) is 0 Å². The summed E-state index contributed by atoms with van der Waals surface area (Å²) in [6.45, 7) is 1.68. The van der Waals surface area contributed by atoms with Crippen LogP contribution in [0.4, 0.5) is 0 Å². The zero-order valence-corrected chi connectivity index (χ0v) is 13.7. The van der Waals surface area contributed by atoms with Crippen LogP contribution in [0.3, 0.4) is 0 Å². The first-order valence-corrected chi connectivity index (χ1v) is 7.11. The molecule has 116 valence electrons. The molecule has 2 aromatic rings. The number of methoxy groups -OCH3 is 2. The first-order chi connectivity index (χ1) is 10.4. The Kier molecular flexibility index (Phi) is 4.84. The number of hydrogen-bond donors (Lipinski definition) is 1. The van der Waals surface area contributed by atoms with Gasteiger partial charge < -0.3 is 14.6 Å². The van der Waals surface area contributed by atoms with E-state index >= 15 is 0 Å². The van der Waals surface area contributed by atoms with Gasteiger partial charge in [0, 0.05) is 0 Å². The molecule has 22 heavy (non-hydrogen) atoms. The second kappa shape index (κ2) is 6.46. The third kappa shape index (κ3) is 2.72. The van der Waals surface area contributed by atoms with Crippen molar-refractivity contribution in [3.8, 4) is 17.2 Å². The first kappa shape index (κ1) is 16.5. The number of carbonyl (C=O) groups is 1. The molecule has 4 nitrogen and oxygen atoms in total. The molecule has 0 aromatic heterocycles. The van der Waals surface area contributed by atoms with Gasteiger partial charge in [-0.25, -0.2) is 0 Å². The third-order valence-electron chi connectivity index (χ3n) is 3.26. The summed E-state index contributed by atoms with van der Waals surface area (Å²) >= 11 is 12.1. The average Bonchev–Trinajstić information content (AvgIpc) is 2.46. The fourth-order valence-electron chi connectivity index (χ4n) is 2.23. The highest BCUT2D eigenvalue weighted by molar-refractivity contribution is 6.41. The highest BCUT2D eigenvalue weighted by Gasteiger charge is 2.26. The number of ketones is 1. The van der Waals surface area contributed by atoms with Crippen LogP contribution < -0.4 is 9.47 Å². The minimum Gasteiger partial charge on any atom is -0.504 e. The van der Waals surface area contributed by atoms with Crippen LogP contribution in [0.2, 0.25) is 10.0 Å². The van der Waals surface area contributed by atoms with E-state index in [-0.39, 0.29) is 32.7 Å². The van der Waals surface area contributed by atoms with Crippen molar-refractivity contribution in [3.63, 3.8) is 0 Å². The molecule has 0 saturated heterocycles. The maximum Gasteiger partial charge on any atom is 0.203 e. The lowest BCUT2D eigenvalue weighted by Crippen LogP contribution is -2.07. The van der Waals surface area contributed by atoms with Crippen LogP contribution in [0.1, 0.15) is 21.5 Å². The number of carbonyl (C=O) groups excluding carboxylic acids is 1. The van der Waals surface area contributed by atoms with Gasteiger partial charge in [-0.15, -0.1) is 0 Å². The molecular formula is C16H14Cl2O4. The Hall–Kier alpha value is -1.91. The zero-order valence-electron chi connectivity index (χ0n) is 12.2. The molecule has 0 unspecified atom stereocenters. The molecule has 0 aliphatic carbocycles. The molecule has 0 radical (unpaired) electrons. The van der Waals surface area contributed by atoms with Crippen LogP contribution >= 0.6 is 23.2 Å². The lowest BCUT2D eigenvalue weighted by Gasteiger charge is -2.15. The highest BCUT2D eigenvalue weighted by atomic mass is 35.5. The van der Waals surface area contributed by atoms with Crippen LogP contribution in [0.5, 0.6) is 17.2 Å². The van der Waals surface area contributed by atoms with Gasteiger partial charge >= 0.3 is 0 Å². The lowest BCUT2D eigenvalue weighted by atomic mass is 9.97. The van der Waals surface area contributed by atoms with Crippen LogP contribution in [-0.4, -0.2) is 25.1 Å². The minimum atomic E-state index is -0.480. The first-order valence-electron chi connectivity index (χ1n) is 6.35. The predicted octanol–water partition coefficient (Wildman–Crippen LogP) is 4.26. The zero-order chi connectivity index (χ0) is 16.4. The summed E-state index contributed by atoms with van der Waals surface area (Å²) in [5.41, 5.74) is 0.736. The number of aromatic hydroxyl groups is 1. The van der Waals surface area contributed by atoms with E-state index in [4.69, 9.17) is 32.7 Å². The maximum absolute atomic E-state index is 12.8. The molecule has 0 bridgehead atoms. The van der Waals surface area contributed by atoms with Crippen LogP contribution in [0.15, 0.2) is 24.3 Å². The van der Waals surface area contributed by atoms with E-state index in [2.05, 4.69) is 0 Å². The molecule has 1 N–H and O–H groups in total. The molecule has 0 aliphatic rings. The largest absolute Gasteiger partial charge is 0.504 e. The van der Waals surface area contributed by atoms with E-state index in [1.54, 1.807) is 31.2 Å². The van der Waals surface area contributed by atoms with Crippen molar-refractivity contribution in [1.82, 2.24) is 0 Å². The van der Waals surface area contributed by atoms with Gasteiger partial charge in [-0.05, 0) is 30.7 Å². The second-order valence-corrected chi connectivity index (χ2v) is 5.39. The van der Waals surface area contributed by atoms with Crippen molar-refractivity contribution in [2.75, 3.05) is 14.2 Å². The van der Waals surface area contributed by atoms with Gasteiger partial charge in [0.25, 0.3) is 0 Å². The molecule has 0 aliphatic heterocycles. The van der Waals surface area contributed by atoms with E-state index in [0.29, 0.717) is 11.3 Å². The fourth-order valence-corrected chi connectivity index (χ4v) is 2.80. The quantitative estimate of drug-likeness (QED) is 0.845. The Morgan fingerprint density at radius 3 is 2.18 bits per heavy atom. The Morgan fingerprint density at radius 2 is 1.68 bits per heavy atom. The van der Waals surface area contributed by atoms with Gasteiger partial charge in [0.2, 0.25) is 5.75 Å². The third-order valence-corrected chi connectivity index (χ3v) is 3.89.